The van der Waals surface area contributed by atoms with Gasteiger partial charge in [-0.1, -0.05) is 0 Å². The Balaban J connectivity index is 1.68. The highest BCUT2D eigenvalue weighted by molar-refractivity contribution is 5.93. The number of hydrogen-bond donors (Lipinski definition) is 1. The van der Waals surface area contributed by atoms with E-state index in [0.717, 1.165) is 13.0 Å². The Morgan fingerprint density at radius 3 is 2.83 bits per heavy atom. The van der Waals surface area contributed by atoms with Crippen molar-refractivity contribution in [1.82, 2.24) is 25.1 Å². The third-order valence-corrected chi connectivity index (χ3v) is 4.10. The Morgan fingerprint density at radius 2 is 2.12 bits per heavy atom. The molecule has 0 aliphatic carbocycles. The van der Waals surface area contributed by atoms with Gasteiger partial charge in [0, 0.05) is 26.0 Å². The topological polar surface area (TPSA) is 95.3 Å². The van der Waals surface area contributed by atoms with Gasteiger partial charge in [0.05, 0.1) is 36.6 Å². The quantitative estimate of drug-likeness (QED) is 0.866. The van der Waals surface area contributed by atoms with Crippen LogP contribution in [0.2, 0.25) is 0 Å². The molecule has 126 valence electrons. The van der Waals surface area contributed by atoms with Crippen molar-refractivity contribution >= 4 is 11.9 Å². The molecule has 0 spiro atoms. The number of carbonyl (C=O) groups is 1. The highest BCUT2D eigenvalue weighted by Crippen LogP contribution is 2.24. The molecule has 2 aromatic rings. The molecule has 1 N–H and O–H groups in total. The van der Waals surface area contributed by atoms with Gasteiger partial charge in [-0.05, 0) is 25.0 Å². The van der Waals surface area contributed by atoms with Crippen molar-refractivity contribution in [1.29, 1.82) is 0 Å². The van der Waals surface area contributed by atoms with Gasteiger partial charge in [0.25, 0.3) is 5.91 Å². The second-order valence-corrected chi connectivity index (χ2v) is 6.09. The number of piperidine rings is 1. The molecule has 1 atom stereocenters. The number of aromatic nitrogens is 4. The first-order chi connectivity index (χ1) is 11.6. The molecule has 0 bridgehead atoms. The Labute approximate surface area is 140 Å². The third-order valence-electron chi connectivity index (χ3n) is 4.10. The van der Waals surface area contributed by atoms with Crippen molar-refractivity contribution in [3.63, 3.8) is 0 Å². The fourth-order valence-electron chi connectivity index (χ4n) is 3.02. The van der Waals surface area contributed by atoms with Crippen LogP contribution in [-0.4, -0.2) is 68.4 Å². The van der Waals surface area contributed by atoms with E-state index in [-0.39, 0.29) is 12.5 Å². The Hall–Kier alpha value is -2.61. The van der Waals surface area contributed by atoms with Crippen molar-refractivity contribution in [2.45, 2.75) is 18.4 Å². The van der Waals surface area contributed by atoms with Crippen LogP contribution in [-0.2, 0) is 0 Å². The lowest BCUT2D eigenvalue weighted by atomic mass is 9.92. The van der Waals surface area contributed by atoms with Crippen LogP contribution in [0.1, 0.15) is 23.2 Å². The average molecular weight is 328 g/mol. The first-order valence-electron chi connectivity index (χ1n) is 7.84. The summed E-state index contributed by atoms with van der Waals surface area (Å²) in [6.45, 7) is 1.42. The first kappa shape index (κ1) is 16.3. The zero-order valence-corrected chi connectivity index (χ0v) is 13.5. The third kappa shape index (κ3) is 3.65. The van der Waals surface area contributed by atoms with Crippen molar-refractivity contribution in [3.05, 3.63) is 42.5 Å². The number of anilines is 1. The first-order valence-corrected chi connectivity index (χ1v) is 7.84. The van der Waals surface area contributed by atoms with E-state index in [9.17, 15) is 9.90 Å². The number of hydrogen-bond acceptors (Lipinski definition) is 7. The van der Waals surface area contributed by atoms with Crippen LogP contribution in [0.15, 0.2) is 36.9 Å². The summed E-state index contributed by atoms with van der Waals surface area (Å²) in [5.41, 5.74) is -0.544. The van der Waals surface area contributed by atoms with Crippen LogP contribution in [0.5, 0.6) is 0 Å². The summed E-state index contributed by atoms with van der Waals surface area (Å²) in [6, 6.07) is 3.37. The number of carbonyl (C=O) groups excluding carboxylic acids is 1. The zero-order valence-electron chi connectivity index (χ0n) is 13.5. The number of β-amino-alcohol motifs (C(OH)–C–C–N with tert-alkyl or cyclic N) is 1. The number of nitrogens with zero attached hydrogens (tertiary/aromatic N) is 6. The predicted octanol–water partition coefficient (Wildman–Crippen LogP) is 0.370. The minimum atomic E-state index is -0.998. The molecule has 8 nitrogen and oxygen atoms in total. The van der Waals surface area contributed by atoms with Gasteiger partial charge in [0.2, 0.25) is 5.95 Å². The maximum atomic E-state index is 12.4. The molecule has 2 aromatic heterocycles. The van der Waals surface area contributed by atoms with E-state index in [1.165, 1.54) is 17.3 Å². The zero-order chi connectivity index (χ0) is 17.0. The van der Waals surface area contributed by atoms with Gasteiger partial charge < -0.3 is 14.9 Å². The van der Waals surface area contributed by atoms with E-state index in [2.05, 4.69) is 20.2 Å². The summed E-state index contributed by atoms with van der Waals surface area (Å²) in [5.74, 6) is 0.411. The summed E-state index contributed by atoms with van der Waals surface area (Å²) in [5, 5.41) is 18.3. The number of likely N-dealkylation sites (N-methyl/N-ethyl adjacent to an activating group) is 1. The minimum Gasteiger partial charge on any atom is -0.386 e. The largest absolute Gasteiger partial charge is 0.386 e. The summed E-state index contributed by atoms with van der Waals surface area (Å²) in [7, 11) is 1.68. The van der Waals surface area contributed by atoms with Crippen molar-refractivity contribution in [2.24, 2.45) is 0 Å². The van der Waals surface area contributed by atoms with Crippen LogP contribution >= 0.6 is 0 Å². The van der Waals surface area contributed by atoms with E-state index in [0.29, 0.717) is 24.5 Å². The van der Waals surface area contributed by atoms with Crippen molar-refractivity contribution < 1.29 is 9.90 Å². The van der Waals surface area contributed by atoms with Gasteiger partial charge in [-0.15, -0.1) is 0 Å². The maximum absolute atomic E-state index is 12.4. The lowest BCUT2D eigenvalue weighted by Crippen LogP contribution is -2.55. The fraction of sp³-hybridized carbons (Fsp3) is 0.438. The summed E-state index contributed by atoms with van der Waals surface area (Å²) in [4.78, 5) is 24.4. The molecule has 0 aromatic carbocycles. The highest BCUT2D eigenvalue weighted by Gasteiger charge is 2.36. The number of aliphatic hydroxyl groups is 1. The number of amides is 1. The Kier molecular flexibility index (Phi) is 4.66. The van der Waals surface area contributed by atoms with Crippen LogP contribution in [0, 0.1) is 0 Å². The normalized spacial score (nSPS) is 20.7. The molecule has 1 saturated heterocycles. The molecule has 1 amide bonds. The van der Waals surface area contributed by atoms with Crippen molar-refractivity contribution in [2.75, 3.05) is 31.6 Å². The van der Waals surface area contributed by atoms with Gasteiger partial charge in [-0.25, -0.2) is 9.97 Å². The number of rotatable bonds is 4. The van der Waals surface area contributed by atoms with Crippen LogP contribution < -0.4 is 4.90 Å². The average Bonchev–Trinajstić information content (AvgIpc) is 2.62. The van der Waals surface area contributed by atoms with E-state index in [4.69, 9.17) is 0 Å². The van der Waals surface area contributed by atoms with Gasteiger partial charge >= 0.3 is 0 Å². The minimum absolute atomic E-state index is 0.189. The molecular formula is C16H20N6O2. The molecular weight excluding hydrogens is 308 g/mol. The second-order valence-electron chi connectivity index (χ2n) is 6.09. The molecule has 8 heteroatoms. The van der Waals surface area contributed by atoms with E-state index in [1.807, 2.05) is 4.90 Å². The lowest BCUT2D eigenvalue weighted by Gasteiger charge is -2.41. The summed E-state index contributed by atoms with van der Waals surface area (Å²) in [6.07, 6.45) is 7.71. The SMILES string of the molecule is CN(CC1(O)CCCN(c2ncccn2)C1)C(=O)c1ccnnc1. The van der Waals surface area contributed by atoms with Crippen LogP contribution in [0.4, 0.5) is 5.95 Å². The molecule has 0 radical (unpaired) electrons. The van der Waals surface area contributed by atoms with Gasteiger partial charge in [0.1, 0.15) is 0 Å². The lowest BCUT2D eigenvalue weighted by molar-refractivity contribution is -0.000311. The second kappa shape index (κ2) is 6.88. The van der Waals surface area contributed by atoms with Gasteiger partial charge in [-0.2, -0.15) is 10.2 Å². The van der Waals surface area contributed by atoms with Crippen LogP contribution in [0.3, 0.4) is 0 Å². The summed E-state index contributed by atoms with van der Waals surface area (Å²) < 4.78 is 0. The molecule has 3 heterocycles. The van der Waals surface area contributed by atoms with Gasteiger partial charge in [0.15, 0.2) is 0 Å². The maximum Gasteiger partial charge on any atom is 0.255 e. The molecule has 3 rings (SSSR count). The smallest absolute Gasteiger partial charge is 0.255 e. The monoisotopic (exact) mass is 328 g/mol. The molecule has 24 heavy (non-hydrogen) atoms. The Morgan fingerprint density at radius 1 is 1.33 bits per heavy atom. The highest BCUT2D eigenvalue weighted by atomic mass is 16.3. The standard InChI is InChI=1S/C16H20N6O2/c1-21(14(23)13-4-8-19-20-10-13)11-16(24)5-2-9-22(12-16)15-17-6-3-7-18-15/h3-4,6-8,10,24H,2,5,9,11-12H2,1H3. The molecule has 0 saturated carbocycles. The predicted molar refractivity (Wildman–Crippen MR) is 87.4 cm³/mol. The van der Waals surface area contributed by atoms with E-state index < -0.39 is 5.60 Å². The molecule has 1 unspecified atom stereocenters. The summed E-state index contributed by atoms with van der Waals surface area (Å²) >= 11 is 0. The van der Waals surface area contributed by atoms with E-state index in [1.54, 1.807) is 31.6 Å². The molecule has 1 fully saturated rings. The molecule has 1 aliphatic heterocycles. The van der Waals surface area contributed by atoms with Crippen molar-refractivity contribution in [3.8, 4) is 0 Å². The van der Waals surface area contributed by atoms with Crippen LogP contribution in [0.25, 0.3) is 0 Å². The Bertz CT molecular complexity index is 683. The van der Waals surface area contributed by atoms with Gasteiger partial charge in [-0.3, -0.25) is 4.79 Å². The van der Waals surface area contributed by atoms with E-state index >= 15 is 0 Å². The fourth-order valence-corrected chi connectivity index (χ4v) is 3.02. The molecule has 1 aliphatic rings.